The summed E-state index contributed by atoms with van der Waals surface area (Å²) in [5, 5.41) is 3.01. The number of hydrogen-bond acceptors (Lipinski definition) is 3. The number of nitrogens with zero attached hydrogens (tertiary/aromatic N) is 1. The van der Waals surface area contributed by atoms with Crippen molar-refractivity contribution >= 4 is 6.03 Å². The van der Waals surface area contributed by atoms with E-state index in [1.165, 1.54) is 11.6 Å². The molecule has 2 heterocycles. The summed E-state index contributed by atoms with van der Waals surface area (Å²) in [5.74, 6) is 1.07. The van der Waals surface area contributed by atoms with Gasteiger partial charge in [-0.3, -0.25) is 0 Å². The van der Waals surface area contributed by atoms with E-state index in [1.54, 1.807) is 18.2 Å². The standard InChI is InChI=1S/C22H25FN2O3/c23-19-5-1-2-6-21(19)28-15-17-4-3-10-25(14-17)22(26)24-13-16-7-8-20-18(12-16)9-11-27-20/h1-2,5-8,12,17H,3-4,9-11,13-15H2,(H,24,26). The first kappa shape index (κ1) is 18.6. The molecule has 148 valence electrons. The lowest BCUT2D eigenvalue weighted by Gasteiger charge is -2.32. The Morgan fingerprint density at radius 3 is 3.07 bits per heavy atom. The van der Waals surface area contributed by atoms with E-state index in [4.69, 9.17) is 9.47 Å². The Morgan fingerprint density at radius 1 is 1.29 bits per heavy atom. The first-order valence-corrected chi connectivity index (χ1v) is 9.84. The van der Waals surface area contributed by atoms with Crippen LogP contribution in [0.1, 0.15) is 24.0 Å². The number of nitrogens with one attached hydrogen (secondary N) is 1. The van der Waals surface area contributed by atoms with Crippen LogP contribution in [0.5, 0.6) is 11.5 Å². The second-order valence-electron chi connectivity index (χ2n) is 7.39. The van der Waals surface area contributed by atoms with Crippen LogP contribution >= 0.6 is 0 Å². The third-order valence-corrected chi connectivity index (χ3v) is 5.31. The highest BCUT2D eigenvalue weighted by molar-refractivity contribution is 5.74. The van der Waals surface area contributed by atoms with E-state index in [1.807, 2.05) is 17.0 Å². The molecule has 28 heavy (non-hydrogen) atoms. The van der Waals surface area contributed by atoms with Crippen molar-refractivity contribution in [3.63, 3.8) is 0 Å². The average Bonchev–Trinajstić information content (AvgIpc) is 3.19. The van der Waals surface area contributed by atoms with Gasteiger partial charge in [0.25, 0.3) is 0 Å². The fraction of sp³-hybridized carbons (Fsp3) is 0.409. The normalized spacial score (nSPS) is 18.3. The molecule has 2 aromatic carbocycles. The molecule has 6 heteroatoms. The molecule has 0 spiro atoms. The molecular formula is C22H25FN2O3. The van der Waals surface area contributed by atoms with Gasteiger partial charge in [-0.2, -0.15) is 0 Å². The van der Waals surface area contributed by atoms with Gasteiger partial charge in [-0.15, -0.1) is 0 Å². The molecular weight excluding hydrogens is 359 g/mol. The maximum atomic E-state index is 13.7. The third-order valence-electron chi connectivity index (χ3n) is 5.31. The van der Waals surface area contributed by atoms with E-state index in [9.17, 15) is 9.18 Å². The Morgan fingerprint density at radius 2 is 2.18 bits per heavy atom. The van der Waals surface area contributed by atoms with Crippen LogP contribution in [0.15, 0.2) is 42.5 Å². The topological polar surface area (TPSA) is 50.8 Å². The molecule has 2 aliphatic rings. The number of carbonyl (C=O) groups is 1. The number of para-hydroxylation sites is 1. The molecule has 5 nitrogen and oxygen atoms in total. The summed E-state index contributed by atoms with van der Waals surface area (Å²) in [6.45, 7) is 3.00. The van der Waals surface area contributed by atoms with Crippen LogP contribution < -0.4 is 14.8 Å². The molecule has 4 rings (SSSR count). The molecule has 0 bridgehead atoms. The Balaban J connectivity index is 1.26. The summed E-state index contributed by atoms with van der Waals surface area (Å²) in [7, 11) is 0. The van der Waals surface area contributed by atoms with Crippen LogP contribution in [0.3, 0.4) is 0 Å². The van der Waals surface area contributed by atoms with Crippen molar-refractivity contribution in [3.8, 4) is 11.5 Å². The smallest absolute Gasteiger partial charge is 0.317 e. The Labute approximate surface area is 164 Å². The van der Waals surface area contributed by atoms with Crippen LogP contribution in [0.4, 0.5) is 9.18 Å². The van der Waals surface area contributed by atoms with Crippen LogP contribution in [0, 0.1) is 11.7 Å². The number of hydrogen-bond donors (Lipinski definition) is 1. The van der Waals surface area contributed by atoms with Gasteiger partial charge < -0.3 is 19.7 Å². The second-order valence-corrected chi connectivity index (χ2v) is 7.39. The maximum Gasteiger partial charge on any atom is 0.317 e. The molecule has 1 atom stereocenters. The highest BCUT2D eigenvalue weighted by Gasteiger charge is 2.24. The van der Waals surface area contributed by atoms with Gasteiger partial charge >= 0.3 is 6.03 Å². The number of amides is 2. The van der Waals surface area contributed by atoms with E-state index in [2.05, 4.69) is 11.4 Å². The van der Waals surface area contributed by atoms with Crippen LogP contribution in [0.25, 0.3) is 0 Å². The van der Waals surface area contributed by atoms with Gasteiger partial charge in [-0.05, 0) is 42.2 Å². The fourth-order valence-corrected chi connectivity index (χ4v) is 3.79. The van der Waals surface area contributed by atoms with Gasteiger partial charge in [0.1, 0.15) is 5.75 Å². The lowest BCUT2D eigenvalue weighted by Crippen LogP contribution is -2.46. The molecule has 2 aliphatic heterocycles. The Kier molecular flexibility index (Phi) is 5.65. The minimum absolute atomic E-state index is 0.0626. The zero-order valence-corrected chi connectivity index (χ0v) is 15.8. The average molecular weight is 384 g/mol. The van der Waals surface area contributed by atoms with Gasteiger partial charge in [0.05, 0.1) is 13.2 Å². The summed E-state index contributed by atoms with van der Waals surface area (Å²) in [5.41, 5.74) is 2.28. The van der Waals surface area contributed by atoms with Crippen LogP contribution in [0.2, 0.25) is 0 Å². The summed E-state index contributed by atoms with van der Waals surface area (Å²) < 4.78 is 24.8. The summed E-state index contributed by atoms with van der Waals surface area (Å²) in [6, 6.07) is 12.4. The minimum Gasteiger partial charge on any atom is -0.493 e. The van der Waals surface area contributed by atoms with E-state index in [0.29, 0.717) is 19.7 Å². The number of carbonyl (C=O) groups excluding carboxylic acids is 1. The molecule has 1 unspecified atom stereocenters. The highest BCUT2D eigenvalue weighted by Crippen LogP contribution is 2.26. The van der Waals surface area contributed by atoms with Gasteiger partial charge in [-0.25, -0.2) is 9.18 Å². The minimum atomic E-state index is -0.354. The lowest BCUT2D eigenvalue weighted by atomic mass is 9.99. The number of rotatable bonds is 5. The van der Waals surface area contributed by atoms with Gasteiger partial charge in [-0.1, -0.05) is 24.3 Å². The summed E-state index contributed by atoms with van der Waals surface area (Å²) >= 11 is 0. The van der Waals surface area contributed by atoms with E-state index in [-0.39, 0.29) is 23.5 Å². The quantitative estimate of drug-likeness (QED) is 0.854. The van der Waals surface area contributed by atoms with Crippen molar-refractivity contribution in [1.29, 1.82) is 0 Å². The number of fused-ring (bicyclic) bond motifs is 1. The number of benzene rings is 2. The van der Waals surface area contributed by atoms with Crippen molar-refractivity contribution in [2.24, 2.45) is 5.92 Å². The van der Waals surface area contributed by atoms with Crippen molar-refractivity contribution < 1.29 is 18.7 Å². The lowest BCUT2D eigenvalue weighted by molar-refractivity contribution is 0.135. The number of likely N-dealkylation sites (tertiary alicyclic amines) is 1. The number of ether oxygens (including phenoxy) is 2. The molecule has 0 aliphatic carbocycles. The molecule has 2 amide bonds. The zero-order valence-electron chi connectivity index (χ0n) is 15.8. The first-order chi connectivity index (χ1) is 13.7. The molecule has 1 fully saturated rings. The van der Waals surface area contributed by atoms with Crippen molar-refractivity contribution in [1.82, 2.24) is 10.2 Å². The predicted octanol–water partition coefficient (Wildman–Crippen LogP) is 3.76. The Bertz CT molecular complexity index is 842. The molecule has 0 aromatic heterocycles. The van der Waals surface area contributed by atoms with E-state index >= 15 is 0 Å². The van der Waals surface area contributed by atoms with Gasteiger partial charge in [0, 0.05) is 32.0 Å². The second kappa shape index (κ2) is 8.50. The number of piperidine rings is 1. The van der Waals surface area contributed by atoms with E-state index in [0.717, 1.165) is 43.7 Å². The highest BCUT2D eigenvalue weighted by atomic mass is 19.1. The number of halogens is 1. The SMILES string of the molecule is O=C(NCc1ccc2c(c1)CCO2)N1CCCC(COc2ccccc2F)C1. The molecule has 1 N–H and O–H groups in total. The van der Waals surface area contributed by atoms with Crippen molar-refractivity contribution in [2.75, 3.05) is 26.3 Å². The zero-order chi connectivity index (χ0) is 19.3. The fourth-order valence-electron chi connectivity index (χ4n) is 3.79. The predicted molar refractivity (Wildman–Crippen MR) is 104 cm³/mol. The van der Waals surface area contributed by atoms with Crippen molar-refractivity contribution in [2.45, 2.75) is 25.8 Å². The first-order valence-electron chi connectivity index (χ1n) is 9.84. The monoisotopic (exact) mass is 384 g/mol. The molecule has 0 radical (unpaired) electrons. The van der Waals surface area contributed by atoms with Gasteiger partial charge in [0.2, 0.25) is 0 Å². The van der Waals surface area contributed by atoms with Crippen LogP contribution in [-0.4, -0.2) is 37.2 Å². The summed E-state index contributed by atoms with van der Waals surface area (Å²) in [6.07, 6.45) is 2.82. The van der Waals surface area contributed by atoms with Crippen LogP contribution in [-0.2, 0) is 13.0 Å². The van der Waals surface area contributed by atoms with Gasteiger partial charge in [0.15, 0.2) is 11.6 Å². The maximum absolute atomic E-state index is 13.7. The molecule has 1 saturated heterocycles. The largest absolute Gasteiger partial charge is 0.493 e. The van der Waals surface area contributed by atoms with E-state index < -0.39 is 0 Å². The molecule has 0 saturated carbocycles. The number of urea groups is 1. The van der Waals surface area contributed by atoms with Crippen molar-refractivity contribution in [3.05, 3.63) is 59.4 Å². The summed E-state index contributed by atoms with van der Waals surface area (Å²) in [4.78, 5) is 14.4. The Hall–Kier alpha value is -2.76. The molecule has 2 aromatic rings. The third kappa shape index (κ3) is 4.38.